The maximum atomic E-state index is 5.95. The van der Waals surface area contributed by atoms with Crippen molar-refractivity contribution in [2.75, 3.05) is 10.6 Å². The van der Waals surface area contributed by atoms with Gasteiger partial charge in [0, 0.05) is 21.3 Å². The van der Waals surface area contributed by atoms with E-state index < -0.39 is 0 Å². The van der Waals surface area contributed by atoms with Crippen LogP contribution < -0.4 is 10.6 Å². The van der Waals surface area contributed by atoms with Crippen molar-refractivity contribution in [3.8, 4) is 0 Å². The fourth-order valence-electron chi connectivity index (χ4n) is 1.53. The largest absolute Gasteiger partial charge is 0.348 e. The van der Waals surface area contributed by atoms with E-state index in [1.807, 2.05) is 20.8 Å². The number of hydrogen-bond donors (Lipinski definition) is 2. The molecule has 0 aliphatic carbocycles. The Bertz CT molecular complexity index is 590. The zero-order chi connectivity index (χ0) is 14.8. The number of nitrogens with one attached hydrogen (secondary N) is 2. The summed E-state index contributed by atoms with van der Waals surface area (Å²) in [5.41, 5.74) is 0.601. The first-order valence-electron chi connectivity index (χ1n) is 6.03. The molecule has 0 bridgehead atoms. The summed E-state index contributed by atoms with van der Waals surface area (Å²) in [5.74, 6) is 1.01. The number of nitrogens with zero attached hydrogens (tertiary/aromatic N) is 3. The van der Waals surface area contributed by atoms with E-state index in [2.05, 4.69) is 25.8 Å². The quantitative estimate of drug-likeness (QED) is 0.892. The van der Waals surface area contributed by atoms with Crippen LogP contribution in [0.1, 0.15) is 20.8 Å². The van der Waals surface area contributed by atoms with E-state index in [-0.39, 0.29) is 5.54 Å². The molecule has 0 atom stereocenters. The third kappa shape index (κ3) is 4.51. The second-order valence-corrected chi connectivity index (χ2v) is 6.20. The molecule has 0 unspecified atom stereocenters. The molecular weight excluding hydrogens is 297 g/mol. The average molecular weight is 312 g/mol. The summed E-state index contributed by atoms with van der Waals surface area (Å²) in [7, 11) is 0. The average Bonchev–Trinajstić information content (AvgIpc) is 2.25. The Balaban J connectivity index is 2.19. The van der Waals surface area contributed by atoms with Gasteiger partial charge in [-0.2, -0.15) is 10.1 Å². The van der Waals surface area contributed by atoms with Gasteiger partial charge < -0.3 is 10.6 Å². The van der Waals surface area contributed by atoms with Gasteiger partial charge in [-0.15, -0.1) is 5.10 Å². The molecule has 0 saturated carbocycles. The molecule has 0 fully saturated rings. The zero-order valence-corrected chi connectivity index (χ0v) is 12.9. The topological polar surface area (TPSA) is 62.7 Å². The Morgan fingerprint density at radius 3 is 2.30 bits per heavy atom. The summed E-state index contributed by atoms with van der Waals surface area (Å²) < 4.78 is 0. The van der Waals surface area contributed by atoms with E-state index in [1.54, 1.807) is 18.2 Å². The van der Waals surface area contributed by atoms with Gasteiger partial charge in [0.25, 0.3) is 0 Å². The Kier molecular flexibility index (Phi) is 4.30. The number of hydrogen-bond acceptors (Lipinski definition) is 5. The molecule has 2 N–H and O–H groups in total. The van der Waals surface area contributed by atoms with Crippen LogP contribution in [0.4, 0.5) is 17.5 Å². The molecule has 0 radical (unpaired) electrons. The number of aromatic nitrogens is 3. The maximum absolute atomic E-state index is 5.95. The highest BCUT2D eigenvalue weighted by atomic mass is 35.5. The lowest BCUT2D eigenvalue weighted by Crippen LogP contribution is -2.27. The van der Waals surface area contributed by atoms with Crippen molar-refractivity contribution in [1.82, 2.24) is 15.2 Å². The monoisotopic (exact) mass is 311 g/mol. The van der Waals surface area contributed by atoms with Crippen molar-refractivity contribution in [2.45, 2.75) is 26.3 Å². The van der Waals surface area contributed by atoms with Gasteiger partial charge in [-0.1, -0.05) is 23.2 Å². The van der Waals surface area contributed by atoms with Gasteiger partial charge >= 0.3 is 0 Å². The smallest absolute Gasteiger partial charge is 0.245 e. The predicted molar refractivity (Wildman–Crippen MR) is 82.9 cm³/mol. The van der Waals surface area contributed by atoms with Crippen molar-refractivity contribution in [1.29, 1.82) is 0 Å². The van der Waals surface area contributed by atoms with Crippen LogP contribution in [-0.4, -0.2) is 20.7 Å². The Labute approximate surface area is 127 Å². The van der Waals surface area contributed by atoms with Gasteiger partial charge in [-0.25, -0.2) is 0 Å². The number of rotatable bonds is 3. The van der Waals surface area contributed by atoms with Crippen molar-refractivity contribution >= 4 is 40.7 Å². The summed E-state index contributed by atoms with van der Waals surface area (Å²) in [6.45, 7) is 6.06. The first-order valence-corrected chi connectivity index (χ1v) is 6.78. The Morgan fingerprint density at radius 2 is 1.70 bits per heavy atom. The van der Waals surface area contributed by atoms with Crippen LogP contribution in [0.3, 0.4) is 0 Å². The summed E-state index contributed by atoms with van der Waals surface area (Å²) in [6.07, 6.45) is 1.53. The first-order chi connectivity index (χ1) is 9.32. The minimum Gasteiger partial charge on any atom is -0.348 e. The van der Waals surface area contributed by atoms with Gasteiger partial charge in [0.1, 0.15) is 0 Å². The highest BCUT2D eigenvalue weighted by molar-refractivity contribution is 6.35. The van der Waals surface area contributed by atoms with Gasteiger partial charge in [0.15, 0.2) is 5.82 Å². The lowest BCUT2D eigenvalue weighted by atomic mass is 10.1. The van der Waals surface area contributed by atoms with E-state index in [0.717, 1.165) is 5.69 Å². The number of halogens is 2. The molecule has 1 aromatic carbocycles. The summed E-state index contributed by atoms with van der Waals surface area (Å²) in [6, 6.07) is 5.18. The lowest BCUT2D eigenvalue weighted by Gasteiger charge is -2.20. The maximum Gasteiger partial charge on any atom is 0.245 e. The molecule has 1 aromatic heterocycles. The van der Waals surface area contributed by atoms with Gasteiger partial charge in [-0.3, -0.25) is 0 Å². The van der Waals surface area contributed by atoms with Gasteiger partial charge in [0.05, 0.1) is 6.20 Å². The molecular formula is C13H15Cl2N5. The van der Waals surface area contributed by atoms with Crippen molar-refractivity contribution in [3.63, 3.8) is 0 Å². The summed E-state index contributed by atoms with van der Waals surface area (Å²) in [4.78, 5) is 4.33. The number of anilines is 3. The molecule has 20 heavy (non-hydrogen) atoms. The Hall–Kier alpha value is -1.59. The fourth-order valence-corrected chi connectivity index (χ4v) is 2.05. The zero-order valence-electron chi connectivity index (χ0n) is 11.4. The minimum atomic E-state index is -0.139. The fraction of sp³-hybridized carbons (Fsp3) is 0.308. The molecule has 5 nitrogen and oxygen atoms in total. The highest BCUT2D eigenvalue weighted by Gasteiger charge is 2.12. The summed E-state index contributed by atoms with van der Waals surface area (Å²) >= 11 is 11.9. The van der Waals surface area contributed by atoms with E-state index in [1.165, 1.54) is 6.20 Å². The van der Waals surface area contributed by atoms with Crippen LogP contribution in [0.25, 0.3) is 0 Å². The van der Waals surface area contributed by atoms with Crippen molar-refractivity contribution in [3.05, 3.63) is 34.4 Å². The molecule has 2 aromatic rings. The van der Waals surface area contributed by atoms with E-state index >= 15 is 0 Å². The second kappa shape index (κ2) is 5.81. The predicted octanol–water partition coefficient (Wildman–Crippen LogP) is 4.13. The van der Waals surface area contributed by atoms with Gasteiger partial charge in [-0.05, 0) is 39.0 Å². The van der Waals surface area contributed by atoms with Gasteiger partial charge in [0.2, 0.25) is 5.95 Å². The SMILES string of the molecule is CC(C)(C)Nc1nncc(Nc2cc(Cl)cc(Cl)c2)n1. The van der Waals surface area contributed by atoms with E-state index in [9.17, 15) is 0 Å². The Morgan fingerprint density at radius 1 is 1.05 bits per heavy atom. The van der Waals surface area contributed by atoms with Crippen LogP contribution in [0.2, 0.25) is 10.0 Å². The molecule has 7 heteroatoms. The van der Waals surface area contributed by atoms with Crippen LogP contribution >= 0.6 is 23.2 Å². The standard InChI is InChI=1S/C13H15Cl2N5/c1-13(2,3)19-12-18-11(7-16-20-12)17-10-5-8(14)4-9(15)6-10/h4-7H,1-3H3,(H2,17,18,19,20). The van der Waals surface area contributed by atoms with Crippen LogP contribution in [0.5, 0.6) is 0 Å². The van der Waals surface area contributed by atoms with Crippen LogP contribution in [0.15, 0.2) is 24.4 Å². The van der Waals surface area contributed by atoms with Crippen molar-refractivity contribution < 1.29 is 0 Å². The van der Waals surface area contributed by atoms with Crippen molar-refractivity contribution in [2.24, 2.45) is 0 Å². The molecule has 1 heterocycles. The molecule has 0 saturated heterocycles. The molecule has 0 aliphatic rings. The second-order valence-electron chi connectivity index (χ2n) is 5.32. The number of benzene rings is 1. The van der Waals surface area contributed by atoms with Crippen LogP contribution in [0, 0.1) is 0 Å². The molecule has 2 rings (SSSR count). The molecule has 0 aliphatic heterocycles. The molecule has 0 amide bonds. The lowest BCUT2D eigenvalue weighted by molar-refractivity contribution is 0.623. The third-order valence-corrected chi connectivity index (χ3v) is 2.62. The minimum absolute atomic E-state index is 0.139. The highest BCUT2D eigenvalue weighted by Crippen LogP contribution is 2.24. The molecule has 0 spiro atoms. The normalized spacial score (nSPS) is 11.2. The first kappa shape index (κ1) is 14.8. The summed E-state index contributed by atoms with van der Waals surface area (Å²) in [5, 5.41) is 15.2. The van der Waals surface area contributed by atoms with E-state index in [0.29, 0.717) is 21.8 Å². The molecule has 106 valence electrons. The van der Waals surface area contributed by atoms with Crippen LogP contribution in [-0.2, 0) is 0 Å². The van der Waals surface area contributed by atoms with E-state index in [4.69, 9.17) is 23.2 Å². The third-order valence-electron chi connectivity index (χ3n) is 2.18.